The molecule has 0 bridgehead atoms. The molecule has 0 atom stereocenters. The standard InChI is InChI=1S/C16H24N2OS/c1-4-16(5-2,12-20)11-18-14-9-7-6-8-13(14)10-17(3)15(18)19/h6-9,20H,4-5,10-12H2,1-3H3. The van der Waals surface area contributed by atoms with Crippen molar-refractivity contribution in [3.05, 3.63) is 29.8 Å². The zero-order valence-corrected chi connectivity index (χ0v) is 13.5. The predicted molar refractivity (Wildman–Crippen MR) is 87.5 cm³/mol. The Labute approximate surface area is 127 Å². The third kappa shape index (κ3) is 2.66. The maximum absolute atomic E-state index is 12.5. The van der Waals surface area contributed by atoms with Crippen molar-refractivity contribution in [2.24, 2.45) is 5.41 Å². The van der Waals surface area contributed by atoms with Gasteiger partial charge in [0.05, 0.1) is 5.69 Å². The number of hydrogen-bond donors (Lipinski definition) is 1. The average Bonchev–Trinajstić information content (AvgIpc) is 2.49. The lowest BCUT2D eigenvalue weighted by atomic mass is 9.83. The number of carbonyl (C=O) groups is 1. The van der Waals surface area contributed by atoms with Gasteiger partial charge in [0.25, 0.3) is 0 Å². The SMILES string of the molecule is CCC(CC)(CS)CN1C(=O)N(C)Cc2ccccc21. The van der Waals surface area contributed by atoms with Crippen LogP contribution in [-0.2, 0) is 6.54 Å². The molecule has 0 unspecified atom stereocenters. The summed E-state index contributed by atoms with van der Waals surface area (Å²) in [7, 11) is 1.87. The summed E-state index contributed by atoms with van der Waals surface area (Å²) in [6.07, 6.45) is 2.06. The van der Waals surface area contributed by atoms with Crippen molar-refractivity contribution in [1.29, 1.82) is 0 Å². The zero-order valence-electron chi connectivity index (χ0n) is 12.6. The molecule has 2 amide bonds. The Bertz CT molecular complexity index is 477. The smallest absolute Gasteiger partial charge is 0.323 e. The number of nitrogens with zero attached hydrogens (tertiary/aromatic N) is 2. The van der Waals surface area contributed by atoms with Crippen molar-refractivity contribution in [3.63, 3.8) is 0 Å². The Morgan fingerprint density at radius 3 is 2.50 bits per heavy atom. The highest BCUT2D eigenvalue weighted by Gasteiger charge is 2.34. The van der Waals surface area contributed by atoms with Crippen LogP contribution in [0.2, 0.25) is 0 Å². The molecule has 0 aromatic heterocycles. The summed E-state index contributed by atoms with van der Waals surface area (Å²) in [6.45, 7) is 5.80. The van der Waals surface area contributed by atoms with Crippen LogP contribution < -0.4 is 4.90 Å². The fourth-order valence-corrected chi connectivity index (χ4v) is 3.32. The minimum absolute atomic E-state index is 0.0874. The van der Waals surface area contributed by atoms with Gasteiger partial charge in [-0.05, 0) is 35.6 Å². The lowest BCUT2D eigenvalue weighted by Crippen LogP contribution is -2.50. The van der Waals surface area contributed by atoms with Crippen LogP contribution >= 0.6 is 12.6 Å². The number of carbonyl (C=O) groups excluding carboxylic acids is 1. The van der Waals surface area contributed by atoms with Gasteiger partial charge in [-0.2, -0.15) is 12.6 Å². The van der Waals surface area contributed by atoms with E-state index in [1.54, 1.807) is 4.90 Å². The number of hydrogen-bond acceptors (Lipinski definition) is 2. The first-order valence-electron chi connectivity index (χ1n) is 7.28. The number of benzene rings is 1. The van der Waals surface area contributed by atoms with Crippen molar-refractivity contribution >= 4 is 24.3 Å². The predicted octanol–water partition coefficient (Wildman–Crippen LogP) is 3.79. The fraction of sp³-hybridized carbons (Fsp3) is 0.562. The van der Waals surface area contributed by atoms with Crippen molar-refractivity contribution in [2.75, 3.05) is 24.2 Å². The monoisotopic (exact) mass is 292 g/mol. The van der Waals surface area contributed by atoms with Crippen LogP contribution in [0.4, 0.5) is 10.5 Å². The zero-order chi connectivity index (χ0) is 14.8. The third-order valence-electron chi connectivity index (χ3n) is 4.58. The van der Waals surface area contributed by atoms with E-state index in [-0.39, 0.29) is 11.4 Å². The van der Waals surface area contributed by atoms with Gasteiger partial charge in [0, 0.05) is 20.1 Å². The van der Waals surface area contributed by atoms with Crippen LogP contribution in [-0.4, -0.2) is 30.3 Å². The van der Waals surface area contributed by atoms with Crippen molar-refractivity contribution in [2.45, 2.75) is 33.2 Å². The summed E-state index contributed by atoms with van der Waals surface area (Å²) in [5.41, 5.74) is 2.36. The topological polar surface area (TPSA) is 23.6 Å². The molecule has 4 heteroatoms. The summed E-state index contributed by atoms with van der Waals surface area (Å²) in [5.74, 6) is 0.801. The maximum atomic E-state index is 12.5. The van der Waals surface area contributed by atoms with E-state index in [2.05, 4.69) is 38.6 Å². The first-order chi connectivity index (χ1) is 9.56. The molecule has 0 spiro atoms. The van der Waals surface area contributed by atoms with E-state index in [0.29, 0.717) is 6.54 Å². The third-order valence-corrected chi connectivity index (χ3v) is 5.25. The van der Waals surface area contributed by atoms with Crippen LogP contribution in [0, 0.1) is 5.41 Å². The summed E-state index contributed by atoms with van der Waals surface area (Å²) in [5, 5.41) is 0. The number of anilines is 1. The largest absolute Gasteiger partial charge is 0.324 e. The maximum Gasteiger partial charge on any atom is 0.324 e. The minimum Gasteiger partial charge on any atom is -0.323 e. The Kier molecular flexibility index (Phi) is 4.63. The van der Waals surface area contributed by atoms with Crippen molar-refractivity contribution in [1.82, 2.24) is 4.90 Å². The van der Waals surface area contributed by atoms with Gasteiger partial charge < -0.3 is 4.90 Å². The number of amides is 2. The second-order valence-electron chi connectivity index (χ2n) is 5.72. The van der Waals surface area contributed by atoms with Gasteiger partial charge in [-0.3, -0.25) is 4.90 Å². The summed E-state index contributed by atoms with van der Waals surface area (Å²) >= 11 is 4.53. The highest BCUT2D eigenvalue weighted by atomic mass is 32.1. The molecule has 3 nitrogen and oxygen atoms in total. The first-order valence-corrected chi connectivity index (χ1v) is 7.91. The van der Waals surface area contributed by atoms with E-state index >= 15 is 0 Å². The highest BCUT2D eigenvalue weighted by molar-refractivity contribution is 7.80. The molecule has 0 aliphatic carbocycles. The molecule has 20 heavy (non-hydrogen) atoms. The molecule has 0 saturated heterocycles. The van der Waals surface area contributed by atoms with Gasteiger partial charge >= 0.3 is 6.03 Å². The van der Waals surface area contributed by atoms with E-state index in [1.165, 1.54) is 5.56 Å². The lowest BCUT2D eigenvalue weighted by molar-refractivity contribution is 0.203. The number of fused-ring (bicyclic) bond motifs is 1. The molecule has 2 rings (SSSR count). The molecule has 1 heterocycles. The molecule has 0 radical (unpaired) electrons. The van der Waals surface area contributed by atoms with Gasteiger partial charge in [-0.25, -0.2) is 4.79 Å². The highest BCUT2D eigenvalue weighted by Crippen LogP contribution is 2.35. The molecule has 0 N–H and O–H groups in total. The lowest BCUT2D eigenvalue weighted by Gasteiger charge is -2.41. The van der Waals surface area contributed by atoms with Crippen molar-refractivity contribution in [3.8, 4) is 0 Å². The number of urea groups is 1. The minimum atomic E-state index is 0.0874. The Hall–Kier alpha value is -1.16. The van der Waals surface area contributed by atoms with Crippen LogP contribution in [0.1, 0.15) is 32.3 Å². The van der Waals surface area contributed by atoms with E-state index in [4.69, 9.17) is 0 Å². The number of para-hydroxylation sites is 1. The summed E-state index contributed by atoms with van der Waals surface area (Å²) in [6, 6.07) is 8.29. The molecular formula is C16H24N2OS. The summed E-state index contributed by atoms with van der Waals surface area (Å²) < 4.78 is 0. The molecular weight excluding hydrogens is 268 g/mol. The van der Waals surface area contributed by atoms with Gasteiger partial charge in [-0.15, -0.1) is 0 Å². The van der Waals surface area contributed by atoms with Crippen molar-refractivity contribution < 1.29 is 4.79 Å². The van der Waals surface area contributed by atoms with Crippen LogP contribution in [0.25, 0.3) is 0 Å². The first kappa shape index (κ1) is 15.2. The number of rotatable bonds is 5. The molecule has 1 aliphatic heterocycles. The molecule has 0 saturated carbocycles. The van der Waals surface area contributed by atoms with E-state index in [1.807, 2.05) is 24.1 Å². The average molecular weight is 292 g/mol. The molecule has 1 aliphatic rings. The molecule has 1 aromatic carbocycles. The van der Waals surface area contributed by atoms with E-state index < -0.39 is 0 Å². The van der Waals surface area contributed by atoms with Gasteiger partial charge in [0.2, 0.25) is 0 Å². The van der Waals surface area contributed by atoms with Gasteiger partial charge in [-0.1, -0.05) is 32.0 Å². The molecule has 110 valence electrons. The fourth-order valence-electron chi connectivity index (χ4n) is 2.78. The van der Waals surface area contributed by atoms with E-state index in [9.17, 15) is 4.79 Å². The second kappa shape index (κ2) is 6.08. The normalized spacial score (nSPS) is 15.5. The Morgan fingerprint density at radius 1 is 1.25 bits per heavy atom. The van der Waals surface area contributed by atoms with Crippen LogP contribution in [0.5, 0.6) is 0 Å². The summed E-state index contributed by atoms with van der Waals surface area (Å²) in [4.78, 5) is 16.3. The van der Waals surface area contributed by atoms with Gasteiger partial charge in [0.1, 0.15) is 0 Å². The Morgan fingerprint density at radius 2 is 1.90 bits per heavy atom. The Balaban J connectivity index is 2.37. The van der Waals surface area contributed by atoms with E-state index in [0.717, 1.165) is 30.8 Å². The molecule has 1 aromatic rings. The van der Waals surface area contributed by atoms with Crippen LogP contribution in [0.3, 0.4) is 0 Å². The second-order valence-corrected chi connectivity index (χ2v) is 6.03. The quantitative estimate of drug-likeness (QED) is 0.820. The number of thiol groups is 1. The van der Waals surface area contributed by atoms with Gasteiger partial charge in [0.15, 0.2) is 0 Å². The molecule has 0 fully saturated rings. The van der Waals surface area contributed by atoms with Crippen LogP contribution in [0.15, 0.2) is 24.3 Å².